The van der Waals surface area contributed by atoms with E-state index in [0.29, 0.717) is 16.4 Å². The average molecular weight is 476 g/mol. The number of aryl methyl sites for hydroxylation is 2. The summed E-state index contributed by atoms with van der Waals surface area (Å²) in [5.74, 6) is -0.707. The first kappa shape index (κ1) is 23.1. The van der Waals surface area contributed by atoms with Gasteiger partial charge in [0.2, 0.25) is 5.69 Å². The SMILES string of the molecule is Cc1ccc(-n2nc(C(=O)NCc3ccccn3)c(=O)n(Cc3ccccc3C)c2=O)cc1Cl. The van der Waals surface area contributed by atoms with Crippen molar-refractivity contribution in [1.29, 1.82) is 0 Å². The molecule has 2 aromatic carbocycles. The fourth-order valence-corrected chi connectivity index (χ4v) is 3.57. The molecule has 0 fully saturated rings. The number of amides is 1. The second-order valence-corrected chi connectivity index (χ2v) is 8.21. The molecule has 4 aromatic rings. The number of carbonyl (C=O) groups excluding carboxylic acids is 1. The zero-order valence-corrected chi connectivity index (χ0v) is 19.4. The van der Waals surface area contributed by atoms with Crippen molar-refractivity contribution in [2.24, 2.45) is 0 Å². The summed E-state index contributed by atoms with van der Waals surface area (Å²) in [5.41, 5.74) is 1.63. The minimum absolute atomic E-state index is 0.00697. The van der Waals surface area contributed by atoms with Gasteiger partial charge in [-0.2, -0.15) is 9.78 Å². The number of hydrogen-bond acceptors (Lipinski definition) is 5. The van der Waals surface area contributed by atoms with E-state index in [9.17, 15) is 14.4 Å². The largest absolute Gasteiger partial charge is 0.352 e. The van der Waals surface area contributed by atoms with Crippen molar-refractivity contribution in [3.05, 3.63) is 121 Å². The van der Waals surface area contributed by atoms with Gasteiger partial charge in [-0.05, 0) is 54.8 Å². The molecule has 1 N–H and O–H groups in total. The van der Waals surface area contributed by atoms with E-state index in [-0.39, 0.29) is 13.1 Å². The number of hydrogen-bond donors (Lipinski definition) is 1. The molecule has 0 aliphatic heterocycles. The third kappa shape index (κ3) is 4.82. The van der Waals surface area contributed by atoms with Crippen molar-refractivity contribution in [1.82, 2.24) is 24.6 Å². The summed E-state index contributed by atoms with van der Waals surface area (Å²) in [6.45, 7) is 3.82. The number of aromatic nitrogens is 4. The minimum Gasteiger partial charge on any atom is -0.345 e. The summed E-state index contributed by atoms with van der Waals surface area (Å²) in [7, 11) is 0. The molecule has 172 valence electrons. The average Bonchev–Trinajstić information content (AvgIpc) is 2.84. The summed E-state index contributed by atoms with van der Waals surface area (Å²) in [6.07, 6.45) is 1.61. The van der Waals surface area contributed by atoms with Gasteiger partial charge in [-0.25, -0.2) is 4.79 Å². The molecule has 2 aromatic heterocycles. The summed E-state index contributed by atoms with van der Waals surface area (Å²) in [6, 6.07) is 17.7. The zero-order chi connectivity index (χ0) is 24.2. The number of pyridine rings is 1. The first-order chi connectivity index (χ1) is 16.3. The molecule has 0 unspecified atom stereocenters. The van der Waals surface area contributed by atoms with E-state index in [1.165, 1.54) is 0 Å². The Labute approximate surface area is 200 Å². The fraction of sp³-hybridized carbons (Fsp3) is 0.160. The highest BCUT2D eigenvalue weighted by molar-refractivity contribution is 6.31. The molecule has 0 saturated carbocycles. The van der Waals surface area contributed by atoms with Crippen LogP contribution in [0.15, 0.2) is 76.4 Å². The zero-order valence-electron chi connectivity index (χ0n) is 18.7. The highest BCUT2D eigenvalue weighted by atomic mass is 35.5. The van der Waals surface area contributed by atoms with Gasteiger partial charge in [0, 0.05) is 11.2 Å². The van der Waals surface area contributed by atoms with Crippen LogP contribution in [0.4, 0.5) is 0 Å². The van der Waals surface area contributed by atoms with Gasteiger partial charge in [0.05, 0.1) is 24.5 Å². The molecule has 9 heteroatoms. The van der Waals surface area contributed by atoms with Crippen LogP contribution in [0.1, 0.15) is 32.9 Å². The molecular weight excluding hydrogens is 454 g/mol. The van der Waals surface area contributed by atoms with Crippen LogP contribution in [0.25, 0.3) is 5.69 Å². The molecule has 0 aliphatic carbocycles. The van der Waals surface area contributed by atoms with E-state index in [4.69, 9.17) is 11.6 Å². The van der Waals surface area contributed by atoms with Crippen LogP contribution in [-0.2, 0) is 13.1 Å². The van der Waals surface area contributed by atoms with E-state index < -0.39 is 22.9 Å². The maximum absolute atomic E-state index is 13.3. The van der Waals surface area contributed by atoms with Gasteiger partial charge in [0.25, 0.3) is 11.5 Å². The third-order valence-corrected chi connectivity index (χ3v) is 5.83. The molecule has 0 bridgehead atoms. The van der Waals surface area contributed by atoms with Gasteiger partial charge in [-0.1, -0.05) is 48.0 Å². The fourth-order valence-electron chi connectivity index (χ4n) is 3.39. The molecular formula is C25H22ClN5O3. The van der Waals surface area contributed by atoms with E-state index in [1.807, 2.05) is 38.1 Å². The molecule has 0 saturated heterocycles. The van der Waals surface area contributed by atoms with E-state index in [0.717, 1.165) is 25.9 Å². The lowest BCUT2D eigenvalue weighted by molar-refractivity contribution is 0.0940. The Morgan fingerprint density at radius 3 is 2.47 bits per heavy atom. The monoisotopic (exact) mass is 475 g/mol. The number of nitrogens with one attached hydrogen (secondary N) is 1. The van der Waals surface area contributed by atoms with Crippen molar-refractivity contribution in [2.45, 2.75) is 26.9 Å². The van der Waals surface area contributed by atoms with Gasteiger partial charge in [0.1, 0.15) is 0 Å². The lowest BCUT2D eigenvalue weighted by atomic mass is 10.1. The molecule has 34 heavy (non-hydrogen) atoms. The highest BCUT2D eigenvalue weighted by Gasteiger charge is 2.21. The van der Waals surface area contributed by atoms with Crippen molar-refractivity contribution in [2.75, 3.05) is 0 Å². The van der Waals surface area contributed by atoms with Crippen LogP contribution in [-0.4, -0.2) is 25.2 Å². The van der Waals surface area contributed by atoms with E-state index in [1.54, 1.807) is 42.6 Å². The van der Waals surface area contributed by atoms with Crippen LogP contribution >= 0.6 is 11.6 Å². The number of benzene rings is 2. The van der Waals surface area contributed by atoms with Gasteiger partial charge in [-0.15, -0.1) is 0 Å². The van der Waals surface area contributed by atoms with Gasteiger partial charge < -0.3 is 5.32 Å². The van der Waals surface area contributed by atoms with Crippen molar-refractivity contribution < 1.29 is 4.79 Å². The second kappa shape index (κ2) is 9.84. The van der Waals surface area contributed by atoms with Crippen LogP contribution < -0.4 is 16.6 Å². The van der Waals surface area contributed by atoms with Crippen molar-refractivity contribution in [3.8, 4) is 5.69 Å². The predicted molar refractivity (Wildman–Crippen MR) is 130 cm³/mol. The number of carbonyl (C=O) groups is 1. The Morgan fingerprint density at radius 2 is 1.76 bits per heavy atom. The van der Waals surface area contributed by atoms with Crippen molar-refractivity contribution >= 4 is 17.5 Å². The van der Waals surface area contributed by atoms with E-state index in [2.05, 4.69) is 15.4 Å². The Hall–Kier alpha value is -4.04. The summed E-state index contributed by atoms with van der Waals surface area (Å²) < 4.78 is 2.04. The van der Waals surface area contributed by atoms with Gasteiger partial charge in [-0.3, -0.25) is 19.1 Å². The minimum atomic E-state index is -0.777. The number of rotatable bonds is 6. The Morgan fingerprint density at radius 1 is 1.00 bits per heavy atom. The Kier molecular flexibility index (Phi) is 6.70. The number of nitrogens with zero attached hydrogens (tertiary/aromatic N) is 4. The lowest BCUT2D eigenvalue weighted by Gasteiger charge is -2.14. The normalized spacial score (nSPS) is 10.8. The van der Waals surface area contributed by atoms with Crippen molar-refractivity contribution in [3.63, 3.8) is 0 Å². The second-order valence-electron chi connectivity index (χ2n) is 7.80. The number of halogens is 1. The van der Waals surface area contributed by atoms with Gasteiger partial charge in [0.15, 0.2) is 0 Å². The summed E-state index contributed by atoms with van der Waals surface area (Å²) >= 11 is 6.26. The highest BCUT2D eigenvalue weighted by Crippen LogP contribution is 2.18. The van der Waals surface area contributed by atoms with Gasteiger partial charge >= 0.3 is 5.69 Å². The standard InChI is InChI=1S/C25H22ClN5O3/c1-16-7-3-4-8-18(16)15-30-24(33)22(23(32)28-14-19-9-5-6-12-27-19)29-31(25(30)34)20-11-10-17(2)21(26)13-20/h3-13H,14-15H2,1-2H3,(H,28,32). The molecule has 1 amide bonds. The lowest BCUT2D eigenvalue weighted by Crippen LogP contribution is -2.46. The topological polar surface area (TPSA) is 98.9 Å². The molecule has 0 radical (unpaired) electrons. The molecule has 0 atom stereocenters. The molecule has 4 rings (SSSR count). The molecule has 0 aliphatic rings. The third-order valence-electron chi connectivity index (χ3n) is 5.42. The van der Waals surface area contributed by atoms with Crippen LogP contribution in [0.3, 0.4) is 0 Å². The van der Waals surface area contributed by atoms with E-state index >= 15 is 0 Å². The smallest absolute Gasteiger partial charge is 0.345 e. The summed E-state index contributed by atoms with van der Waals surface area (Å²) in [5, 5.41) is 7.22. The van der Waals surface area contributed by atoms with Crippen LogP contribution in [0.5, 0.6) is 0 Å². The molecule has 8 nitrogen and oxygen atoms in total. The van der Waals surface area contributed by atoms with Crippen LogP contribution in [0.2, 0.25) is 5.02 Å². The Balaban J connectivity index is 1.82. The first-order valence-corrected chi connectivity index (χ1v) is 11.0. The Bertz CT molecular complexity index is 1480. The molecule has 2 heterocycles. The quantitative estimate of drug-likeness (QED) is 0.462. The summed E-state index contributed by atoms with van der Waals surface area (Å²) in [4.78, 5) is 43.7. The van der Waals surface area contributed by atoms with Crippen LogP contribution in [0, 0.1) is 13.8 Å². The maximum Gasteiger partial charge on any atom is 0.352 e. The predicted octanol–water partition coefficient (Wildman–Crippen LogP) is 3.04. The molecule has 0 spiro atoms. The first-order valence-electron chi connectivity index (χ1n) is 10.6. The maximum atomic E-state index is 13.3.